The lowest BCUT2D eigenvalue weighted by Gasteiger charge is -2.31. The minimum absolute atomic E-state index is 0.0535. The molecule has 3 aromatic heterocycles. The third kappa shape index (κ3) is 3.79. The Bertz CT molecular complexity index is 1350. The molecule has 4 aromatic rings. The van der Waals surface area contributed by atoms with Crippen molar-refractivity contribution in [2.75, 3.05) is 5.32 Å². The van der Waals surface area contributed by atoms with Crippen LogP contribution in [0.15, 0.2) is 48.8 Å². The zero-order chi connectivity index (χ0) is 23.3. The molecule has 3 N–H and O–H groups in total. The van der Waals surface area contributed by atoms with Gasteiger partial charge in [-0.1, -0.05) is 12.1 Å². The van der Waals surface area contributed by atoms with Crippen LogP contribution in [0, 0.1) is 5.82 Å². The first kappa shape index (κ1) is 21.3. The molecule has 33 heavy (non-hydrogen) atoms. The van der Waals surface area contributed by atoms with Crippen molar-refractivity contribution in [1.29, 1.82) is 0 Å². The zero-order valence-electron chi connectivity index (χ0n) is 17.4. The number of fused-ring (bicyclic) bond motifs is 2. The summed E-state index contributed by atoms with van der Waals surface area (Å²) >= 11 is 0. The number of anilines is 1. The molecule has 0 aliphatic heterocycles. The first-order valence-corrected chi connectivity index (χ1v) is 10.6. The Balaban J connectivity index is 1.35. The molecule has 1 amide bonds. The second-order valence-corrected chi connectivity index (χ2v) is 8.36. The van der Waals surface area contributed by atoms with Crippen LogP contribution >= 0.6 is 0 Å². The van der Waals surface area contributed by atoms with Crippen LogP contribution in [0.25, 0.3) is 16.6 Å². The van der Waals surface area contributed by atoms with Crippen molar-refractivity contribution in [2.24, 2.45) is 5.73 Å². The molecule has 6 nitrogen and oxygen atoms in total. The number of hydrogen-bond acceptors (Lipinski definition) is 3. The van der Waals surface area contributed by atoms with Gasteiger partial charge >= 0.3 is 6.18 Å². The Labute approximate surface area is 186 Å². The normalized spacial score (nSPS) is 19.3. The average Bonchev–Trinajstić information content (AvgIpc) is 3.38. The zero-order valence-corrected chi connectivity index (χ0v) is 17.4. The Morgan fingerprint density at radius 1 is 1.06 bits per heavy atom. The van der Waals surface area contributed by atoms with Crippen LogP contribution < -0.4 is 11.1 Å². The van der Waals surface area contributed by atoms with Gasteiger partial charge in [0.15, 0.2) is 5.69 Å². The second kappa shape index (κ2) is 7.79. The van der Waals surface area contributed by atoms with Crippen molar-refractivity contribution in [1.82, 2.24) is 14.0 Å². The van der Waals surface area contributed by atoms with E-state index < -0.39 is 23.6 Å². The van der Waals surface area contributed by atoms with E-state index in [-0.39, 0.29) is 28.7 Å². The molecule has 5 rings (SSSR count). The molecule has 0 unspecified atom stereocenters. The molecule has 1 saturated carbocycles. The van der Waals surface area contributed by atoms with Crippen molar-refractivity contribution >= 4 is 28.3 Å². The summed E-state index contributed by atoms with van der Waals surface area (Å²) in [4.78, 5) is 15.5. The number of nitrogens with two attached hydrogens (primary N) is 1. The van der Waals surface area contributed by atoms with Gasteiger partial charge in [-0.3, -0.25) is 9.20 Å². The molecule has 1 fully saturated rings. The van der Waals surface area contributed by atoms with Crippen LogP contribution in [0.5, 0.6) is 0 Å². The highest BCUT2D eigenvalue weighted by molar-refractivity contribution is 6.06. The van der Waals surface area contributed by atoms with Gasteiger partial charge in [0.25, 0.3) is 5.91 Å². The number of imidazole rings is 1. The maximum absolute atomic E-state index is 14.4. The summed E-state index contributed by atoms with van der Waals surface area (Å²) in [5, 5.41) is 3.58. The molecule has 0 spiro atoms. The highest BCUT2D eigenvalue weighted by atomic mass is 19.4. The number of rotatable bonds is 4. The van der Waals surface area contributed by atoms with Crippen molar-refractivity contribution in [3.05, 3.63) is 65.9 Å². The Morgan fingerprint density at radius 2 is 1.79 bits per heavy atom. The largest absolute Gasteiger partial charge is 0.434 e. The van der Waals surface area contributed by atoms with Gasteiger partial charge in [-0.15, -0.1) is 0 Å². The fourth-order valence-corrected chi connectivity index (χ4v) is 4.73. The molecular formula is C23H21F4N5O. The minimum Gasteiger partial charge on any atom is -0.368 e. The van der Waals surface area contributed by atoms with Gasteiger partial charge in [-0.25, -0.2) is 9.37 Å². The molecule has 1 aliphatic carbocycles. The number of carbonyl (C=O) groups is 1. The number of benzene rings is 1. The number of primary amides is 1. The number of pyridine rings is 1. The summed E-state index contributed by atoms with van der Waals surface area (Å²) in [7, 11) is 0. The lowest BCUT2D eigenvalue weighted by molar-refractivity contribution is -0.140. The van der Waals surface area contributed by atoms with E-state index in [1.807, 2.05) is 4.57 Å². The number of halogens is 4. The summed E-state index contributed by atoms with van der Waals surface area (Å²) in [5.74, 6) is -0.614. The topological polar surface area (TPSA) is 77.3 Å². The van der Waals surface area contributed by atoms with Gasteiger partial charge in [-0.2, -0.15) is 13.2 Å². The van der Waals surface area contributed by atoms with Crippen molar-refractivity contribution in [3.63, 3.8) is 0 Å². The predicted octanol–water partition coefficient (Wildman–Crippen LogP) is 5.14. The number of nitrogens with one attached hydrogen (secondary N) is 1. The fourth-order valence-electron chi connectivity index (χ4n) is 4.73. The maximum atomic E-state index is 14.4. The van der Waals surface area contributed by atoms with Gasteiger partial charge in [0.2, 0.25) is 0 Å². The number of alkyl halides is 3. The predicted molar refractivity (Wildman–Crippen MR) is 116 cm³/mol. The van der Waals surface area contributed by atoms with Crippen LogP contribution in [0.4, 0.5) is 23.4 Å². The quantitative estimate of drug-likeness (QED) is 0.415. The fraction of sp³-hybridized carbons (Fsp3) is 0.304. The first-order chi connectivity index (χ1) is 15.7. The number of carbonyl (C=O) groups excluding carboxylic acids is 1. The van der Waals surface area contributed by atoms with Gasteiger partial charge in [0.05, 0.1) is 11.1 Å². The molecule has 172 valence electrons. The molecular weight excluding hydrogens is 438 g/mol. The van der Waals surface area contributed by atoms with E-state index >= 15 is 0 Å². The summed E-state index contributed by atoms with van der Waals surface area (Å²) in [6, 6.07) is 9.72. The Morgan fingerprint density at radius 3 is 2.48 bits per heavy atom. The molecule has 0 radical (unpaired) electrons. The van der Waals surface area contributed by atoms with E-state index in [2.05, 4.69) is 10.3 Å². The van der Waals surface area contributed by atoms with E-state index in [1.54, 1.807) is 30.5 Å². The summed E-state index contributed by atoms with van der Waals surface area (Å²) < 4.78 is 56.9. The van der Waals surface area contributed by atoms with Crippen LogP contribution in [-0.2, 0) is 6.18 Å². The minimum atomic E-state index is -4.51. The third-order valence-corrected chi connectivity index (χ3v) is 6.30. The SMILES string of the molecule is NC(=O)c1cn(C2CCC(Nc3cccc4nc(C(F)(F)F)cn34)CC2)c2cccc(F)c12. The van der Waals surface area contributed by atoms with Crippen molar-refractivity contribution in [2.45, 2.75) is 43.9 Å². The summed E-state index contributed by atoms with van der Waals surface area (Å²) in [5.41, 5.74) is 5.55. The standard InChI is InChI=1S/C23H21F4N5O/c24-16-3-1-4-17-21(16)15(22(28)33)11-31(17)14-9-7-13(8-10-14)29-19-5-2-6-20-30-18(12-32(19)20)23(25,26)27/h1-6,11-14,29H,7-10H2,(H2,28,33). The number of amides is 1. The van der Waals surface area contributed by atoms with E-state index in [1.165, 1.54) is 16.5 Å². The van der Waals surface area contributed by atoms with E-state index in [9.17, 15) is 22.4 Å². The molecule has 0 saturated heterocycles. The van der Waals surface area contributed by atoms with Crippen molar-refractivity contribution < 1.29 is 22.4 Å². The molecule has 0 bridgehead atoms. The molecule has 1 aliphatic rings. The Hall–Kier alpha value is -3.56. The lowest BCUT2D eigenvalue weighted by atomic mass is 9.91. The number of aromatic nitrogens is 3. The van der Waals surface area contributed by atoms with Crippen LogP contribution in [0.1, 0.15) is 47.8 Å². The highest BCUT2D eigenvalue weighted by Crippen LogP contribution is 2.36. The van der Waals surface area contributed by atoms with Crippen molar-refractivity contribution in [3.8, 4) is 0 Å². The van der Waals surface area contributed by atoms with E-state index in [0.717, 1.165) is 31.9 Å². The Kier molecular flexibility index (Phi) is 5.02. The van der Waals surface area contributed by atoms with Crippen LogP contribution in [-0.4, -0.2) is 25.9 Å². The smallest absolute Gasteiger partial charge is 0.368 e. The maximum Gasteiger partial charge on any atom is 0.434 e. The van der Waals surface area contributed by atoms with Gasteiger partial charge in [0, 0.05) is 29.9 Å². The highest BCUT2D eigenvalue weighted by Gasteiger charge is 2.34. The molecule has 3 heterocycles. The first-order valence-electron chi connectivity index (χ1n) is 10.6. The van der Waals surface area contributed by atoms with Gasteiger partial charge in [-0.05, 0) is 49.9 Å². The summed E-state index contributed by atoms with van der Waals surface area (Å²) in [6.07, 6.45) is 1.12. The van der Waals surface area contributed by atoms with Gasteiger partial charge in [0.1, 0.15) is 17.3 Å². The number of nitrogens with zero attached hydrogens (tertiary/aromatic N) is 3. The summed E-state index contributed by atoms with van der Waals surface area (Å²) in [6.45, 7) is 0. The molecule has 0 atom stereocenters. The third-order valence-electron chi connectivity index (χ3n) is 6.30. The second-order valence-electron chi connectivity index (χ2n) is 8.36. The lowest BCUT2D eigenvalue weighted by Crippen LogP contribution is -2.28. The molecule has 10 heteroatoms. The average molecular weight is 459 g/mol. The number of hydrogen-bond donors (Lipinski definition) is 2. The van der Waals surface area contributed by atoms with Gasteiger partial charge < -0.3 is 15.6 Å². The monoisotopic (exact) mass is 459 g/mol. The van der Waals surface area contributed by atoms with Crippen LogP contribution in [0.2, 0.25) is 0 Å². The molecule has 1 aromatic carbocycles. The van der Waals surface area contributed by atoms with E-state index in [4.69, 9.17) is 5.73 Å². The van der Waals surface area contributed by atoms with Crippen LogP contribution in [0.3, 0.4) is 0 Å². The van der Waals surface area contributed by atoms with E-state index in [0.29, 0.717) is 11.3 Å².